The van der Waals surface area contributed by atoms with Crippen LogP contribution in [0.3, 0.4) is 0 Å². The molecule has 0 spiro atoms. The summed E-state index contributed by atoms with van der Waals surface area (Å²) in [6, 6.07) is 3.21. The number of halogens is 4. The Hall–Kier alpha value is -2.10. The molecular weight excluding hydrogens is 522 g/mol. The van der Waals surface area contributed by atoms with Gasteiger partial charge in [-0.2, -0.15) is 10.2 Å². The molecule has 1 unspecified atom stereocenters. The zero-order chi connectivity index (χ0) is 23.9. The van der Waals surface area contributed by atoms with Crippen molar-refractivity contribution in [3.8, 4) is 0 Å². The van der Waals surface area contributed by atoms with E-state index in [0.29, 0.717) is 31.6 Å². The Balaban J connectivity index is 0.000000137. The second-order valence-corrected chi connectivity index (χ2v) is 9.11. The Kier molecular flexibility index (Phi) is 8.86. The van der Waals surface area contributed by atoms with E-state index in [2.05, 4.69) is 25.3 Å². The van der Waals surface area contributed by atoms with Crippen LogP contribution in [0, 0.1) is 0 Å². The summed E-state index contributed by atoms with van der Waals surface area (Å²) in [5, 5.41) is 14.2. The summed E-state index contributed by atoms with van der Waals surface area (Å²) in [5.74, 6) is 0. The quantitative estimate of drug-likeness (QED) is 0.259. The number of ether oxygens (including phenoxy) is 2. The smallest absolute Gasteiger partial charge is 0.163 e. The first kappa shape index (κ1) is 25.0. The number of aromatic amines is 1. The lowest BCUT2D eigenvalue weighted by atomic mass is 10.2. The third-order valence-electron chi connectivity index (χ3n) is 5.08. The standard InChI is InChI=1S/C11H11Cl2N3O.C6H3Cl2N3.C5H8O/c12-8-5-9(13)15-11-7(8)6-14-16(11)10-3-1-2-4-17-10;7-4-1-5(8)10-6-3(4)2-9-11-6;1-2-4-6-5-3-1/h5-6,10H,1-4H2;1-2H,(H,9,10,11);2,4H,1,3,5H2. The molecule has 0 saturated carbocycles. The minimum absolute atomic E-state index is 0.0525. The summed E-state index contributed by atoms with van der Waals surface area (Å²) in [4.78, 5) is 8.23. The topological polar surface area (TPSA) is 90.7 Å². The van der Waals surface area contributed by atoms with Crippen LogP contribution in [0.5, 0.6) is 0 Å². The third-order valence-corrected chi connectivity index (χ3v) is 6.09. The highest BCUT2D eigenvalue weighted by atomic mass is 35.5. The van der Waals surface area contributed by atoms with E-state index >= 15 is 0 Å². The summed E-state index contributed by atoms with van der Waals surface area (Å²) < 4.78 is 12.3. The molecular formula is C22H22Cl4N6O2. The van der Waals surface area contributed by atoms with Gasteiger partial charge in [-0.1, -0.05) is 46.4 Å². The number of fused-ring (bicyclic) bond motifs is 2. The highest BCUT2D eigenvalue weighted by molar-refractivity contribution is 6.38. The van der Waals surface area contributed by atoms with Crippen molar-refractivity contribution in [3.63, 3.8) is 0 Å². The van der Waals surface area contributed by atoms with E-state index in [1.165, 1.54) is 12.8 Å². The van der Waals surface area contributed by atoms with E-state index in [1.807, 2.05) is 6.08 Å². The normalized spacial score (nSPS) is 17.5. The molecule has 1 saturated heterocycles. The van der Waals surface area contributed by atoms with Gasteiger partial charge in [0.15, 0.2) is 17.5 Å². The molecule has 0 bridgehead atoms. The van der Waals surface area contributed by atoms with Crippen LogP contribution in [0.15, 0.2) is 36.9 Å². The number of nitrogens with zero attached hydrogens (tertiary/aromatic N) is 5. The average Bonchev–Trinajstić information content (AvgIpc) is 3.49. The maximum absolute atomic E-state index is 6.10. The van der Waals surface area contributed by atoms with Crippen molar-refractivity contribution in [1.82, 2.24) is 29.9 Å². The first-order valence-corrected chi connectivity index (χ1v) is 12.3. The van der Waals surface area contributed by atoms with E-state index in [0.717, 1.165) is 43.2 Å². The number of aromatic nitrogens is 6. The van der Waals surface area contributed by atoms with Crippen molar-refractivity contribution in [3.05, 3.63) is 57.2 Å². The molecule has 1 atom stereocenters. The first-order valence-electron chi connectivity index (χ1n) is 10.8. The summed E-state index contributed by atoms with van der Waals surface area (Å²) >= 11 is 23.5. The molecule has 8 nitrogen and oxygen atoms in total. The average molecular weight is 544 g/mol. The molecule has 12 heteroatoms. The molecule has 0 amide bonds. The largest absolute Gasteiger partial charge is 0.502 e. The van der Waals surface area contributed by atoms with Crippen molar-refractivity contribution in [2.45, 2.75) is 38.3 Å². The van der Waals surface area contributed by atoms with E-state index in [1.54, 1.807) is 35.5 Å². The Labute approximate surface area is 216 Å². The van der Waals surface area contributed by atoms with Gasteiger partial charge in [-0.15, -0.1) is 0 Å². The molecule has 0 radical (unpaired) electrons. The molecule has 2 aliphatic heterocycles. The fourth-order valence-corrected chi connectivity index (χ4v) is 4.40. The second kappa shape index (κ2) is 12.0. The molecule has 6 heterocycles. The molecule has 1 N–H and O–H groups in total. The van der Waals surface area contributed by atoms with Gasteiger partial charge in [0.2, 0.25) is 0 Å². The number of hydrogen-bond donors (Lipinski definition) is 1. The molecule has 0 aliphatic carbocycles. The number of hydrogen-bond acceptors (Lipinski definition) is 6. The fraction of sp³-hybridized carbons (Fsp3) is 0.364. The van der Waals surface area contributed by atoms with E-state index in [-0.39, 0.29) is 6.23 Å². The molecule has 4 aromatic rings. The van der Waals surface area contributed by atoms with Gasteiger partial charge in [-0.05, 0) is 50.3 Å². The number of pyridine rings is 2. The van der Waals surface area contributed by atoms with Gasteiger partial charge in [0.1, 0.15) is 10.3 Å². The van der Waals surface area contributed by atoms with Crippen LogP contribution in [0.4, 0.5) is 0 Å². The molecule has 1 fully saturated rings. The lowest BCUT2D eigenvalue weighted by molar-refractivity contribution is -0.0370. The summed E-state index contributed by atoms with van der Waals surface area (Å²) in [5.41, 5.74) is 1.30. The minimum Gasteiger partial charge on any atom is -0.502 e. The van der Waals surface area contributed by atoms with Crippen molar-refractivity contribution in [1.29, 1.82) is 0 Å². The van der Waals surface area contributed by atoms with Crippen LogP contribution in [0.1, 0.15) is 38.3 Å². The van der Waals surface area contributed by atoms with E-state index in [9.17, 15) is 0 Å². The number of nitrogens with one attached hydrogen (secondary N) is 1. The highest BCUT2D eigenvalue weighted by Crippen LogP contribution is 2.29. The maximum Gasteiger partial charge on any atom is 0.163 e. The molecule has 2 aliphatic rings. The first-order chi connectivity index (χ1) is 16.5. The van der Waals surface area contributed by atoms with E-state index in [4.69, 9.17) is 55.9 Å². The number of allylic oxidation sites excluding steroid dienone is 1. The zero-order valence-corrected chi connectivity index (χ0v) is 21.1. The van der Waals surface area contributed by atoms with Gasteiger partial charge >= 0.3 is 0 Å². The fourth-order valence-electron chi connectivity index (χ4n) is 3.43. The van der Waals surface area contributed by atoms with Crippen LogP contribution in [0.2, 0.25) is 20.4 Å². The van der Waals surface area contributed by atoms with Crippen LogP contribution < -0.4 is 0 Å². The molecule has 4 aromatic heterocycles. The van der Waals surface area contributed by atoms with Gasteiger partial charge < -0.3 is 9.47 Å². The predicted octanol–water partition coefficient (Wildman–Crippen LogP) is 7.01. The minimum atomic E-state index is -0.0525. The van der Waals surface area contributed by atoms with Crippen molar-refractivity contribution < 1.29 is 9.47 Å². The van der Waals surface area contributed by atoms with Gasteiger partial charge in [-0.25, -0.2) is 14.6 Å². The molecule has 0 aromatic carbocycles. The third kappa shape index (κ3) is 6.31. The predicted molar refractivity (Wildman–Crippen MR) is 135 cm³/mol. The Morgan fingerprint density at radius 2 is 1.71 bits per heavy atom. The Morgan fingerprint density at radius 3 is 2.35 bits per heavy atom. The van der Waals surface area contributed by atoms with Crippen molar-refractivity contribution in [2.75, 3.05) is 13.2 Å². The number of H-pyrrole nitrogens is 1. The Bertz CT molecular complexity index is 1260. The Morgan fingerprint density at radius 1 is 0.912 bits per heavy atom. The van der Waals surface area contributed by atoms with Crippen LogP contribution >= 0.6 is 46.4 Å². The van der Waals surface area contributed by atoms with Crippen LogP contribution in [-0.2, 0) is 9.47 Å². The summed E-state index contributed by atoms with van der Waals surface area (Å²) in [6.45, 7) is 1.68. The second-order valence-electron chi connectivity index (χ2n) is 7.52. The monoisotopic (exact) mass is 542 g/mol. The van der Waals surface area contributed by atoms with Crippen molar-refractivity contribution >= 4 is 68.5 Å². The van der Waals surface area contributed by atoms with Gasteiger partial charge in [-0.3, -0.25) is 5.10 Å². The van der Waals surface area contributed by atoms with Gasteiger partial charge in [0.05, 0.1) is 46.1 Å². The maximum atomic E-state index is 6.10. The molecule has 180 valence electrons. The number of rotatable bonds is 1. The molecule has 34 heavy (non-hydrogen) atoms. The van der Waals surface area contributed by atoms with Crippen LogP contribution in [0.25, 0.3) is 22.1 Å². The zero-order valence-electron chi connectivity index (χ0n) is 18.1. The summed E-state index contributed by atoms with van der Waals surface area (Å²) in [7, 11) is 0. The molecule has 6 rings (SSSR count). The van der Waals surface area contributed by atoms with Crippen LogP contribution in [-0.4, -0.2) is 43.2 Å². The lowest BCUT2D eigenvalue weighted by Crippen LogP contribution is -2.19. The highest BCUT2D eigenvalue weighted by Gasteiger charge is 2.20. The van der Waals surface area contributed by atoms with Gasteiger partial charge in [0, 0.05) is 6.61 Å². The summed E-state index contributed by atoms with van der Waals surface area (Å²) in [6.07, 6.45) is 12.7. The van der Waals surface area contributed by atoms with Gasteiger partial charge in [0.25, 0.3) is 0 Å². The lowest BCUT2D eigenvalue weighted by Gasteiger charge is -2.23. The van der Waals surface area contributed by atoms with Crippen molar-refractivity contribution in [2.24, 2.45) is 0 Å². The van der Waals surface area contributed by atoms with E-state index < -0.39 is 0 Å². The SMILES string of the molecule is C1=COCCC1.Clc1cc(Cl)c2cn[nH]c2n1.Clc1cc(Cl)c2cnn(C3CCCCO3)c2n1.